The molecule has 0 aromatic carbocycles. The van der Waals surface area contributed by atoms with E-state index in [1.807, 2.05) is 11.8 Å². The maximum atomic E-state index is 12.3. The zero-order chi connectivity index (χ0) is 13.0. The molecule has 1 heterocycles. The van der Waals surface area contributed by atoms with Crippen molar-refractivity contribution >= 4 is 5.91 Å². The van der Waals surface area contributed by atoms with Crippen LogP contribution in [-0.2, 0) is 4.79 Å². The van der Waals surface area contributed by atoms with Gasteiger partial charge in [-0.2, -0.15) is 0 Å². The minimum absolute atomic E-state index is 0.0995. The summed E-state index contributed by atoms with van der Waals surface area (Å²) >= 11 is 0. The first kappa shape index (κ1) is 13.8. The lowest BCUT2D eigenvalue weighted by Gasteiger charge is -2.34. The number of likely N-dealkylation sites (tertiary alicyclic amines) is 1. The number of piperidine rings is 1. The van der Waals surface area contributed by atoms with Crippen LogP contribution in [0, 0.1) is 0 Å². The van der Waals surface area contributed by atoms with Gasteiger partial charge in [0.25, 0.3) is 0 Å². The van der Waals surface area contributed by atoms with Crippen molar-refractivity contribution in [3.8, 4) is 0 Å². The molecule has 2 N–H and O–H groups in total. The van der Waals surface area contributed by atoms with Gasteiger partial charge in [-0.05, 0) is 39.0 Å². The van der Waals surface area contributed by atoms with Crippen molar-refractivity contribution in [1.82, 2.24) is 10.2 Å². The van der Waals surface area contributed by atoms with Crippen LogP contribution in [0.4, 0.5) is 0 Å². The summed E-state index contributed by atoms with van der Waals surface area (Å²) in [5.41, 5.74) is 0. The number of rotatable bonds is 3. The molecule has 1 saturated carbocycles. The Morgan fingerprint density at radius 2 is 1.83 bits per heavy atom. The van der Waals surface area contributed by atoms with Crippen LogP contribution in [-0.4, -0.2) is 47.2 Å². The normalized spacial score (nSPS) is 31.1. The molecule has 0 radical (unpaired) electrons. The molecule has 0 spiro atoms. The number of hydrogen-bond acceptors (Lipinski definition) is 3. The van der Waals surface area contributed by atoms with Gasteiger partial charge in [0.2, 0.25) is 5.91 Å². The fourth-order valence-corrected chi connectivity index (χ4v) is 3.09. The molecule has 2 aliphatic rings. The second-order valence-corrected chi connectivity index (χ2v) is 5.73. The molecule has 1 amide bonds. The summed E-state index contributed by atoms with van der Waals surface area (Å²) in [5.74, 6) is 0.201. The van der Waals surface area contributed by atoms with Crippen LogP contribution in [0.1, 0.15) is 51.9 Å². The highest BCUT2D eigenvalue weighted by atomic mass is 16.3. The standard InChI is InChI=1S/C14H26N2O2/c1-11(14(18)16-9-5-2-6-10-16)15-12-7-3-4-8-13(12)17/h11-13,15,17H,2-10H2,1H3. The molecule has 2 fully saturated rings. The fraction of sp³-hybridized carbons (Fsp3) is 0.929. The van der Waals surface area contributed by atoms with Gasteiger partial charge in [0, 0.05) is 19.1 Å². The Balaban J connectivity index is 1.82. The van der Waals surface area contributed by atoms with Crippen molar-refractivity contribution in [3.63, 3.8) is 0 Å². The van der Waals surface area contributed by atoms with Gasteiger partial charge >= 0.3 is 0 Å². The first-order valence-corrected chi connectivity index (χ1v) is 7.41. The average Bonchev–Trinajstić information content (AvgIpc) is 2.41. The molecule has 2 rings (SSSR count). The maximum Gasteiger partial charge on any atom is 0.239 e. The first-order valence-electron chi connectivity index (χ1n) is 7.41. The molecule has 3 unspecified atom stereocenters. The zero-order valence-electron chi connectivity index (χ0n) is 11.4. The predicted molar refractivity (Wildman–Crippen MR) is 71.3 cm³/mol. The van der Waals surface area contributed by atoms with E-state index in [0.717, 1.165) is 51.6 Å². The highest BCUT2D eigenvalue weighted by Crippen LogP contribution is 2.19. The second-order valence-electron chi connectivity index (χ2n) is 5.73. The van der Waals surface area contributed by atoms with E-state index in [4.69, 9.17) is 0 Å². The molecule has 0 aromatic rings. The molecule has 1 saturated heterocycles. The van der Waals surface area contributed by atoms with E-state index in [9.17, 15) is 9.90 Å². The molecular formula is C14H26N2O2. The Kier molecular flexibility index (Phi) is 5.01. The van der Waals surface area contributed by atoms with Gasteiger partial charge in [-0.3, -0.25) is 4.79 Å². The number of aliphatic hydroxyl groups is 1. The summed E-state index contributed by atoms with van der Waals surface area (Å²) in [5, 5.41) is 13.2. The van der Waals surface area contributed by atoms with E-state index in [2.05, 4.69) is 5.32 Å². The number of aliphatic hydroxyl groups excluding tert-OH is 1. The molecule has 0 bridgehead atoms. The quantitative estimate of drug-likeness (QED) is 0.798. The van der Waals surface area contributed by atoms with Gasteiger partial charge in [-0.1, -0.05) is 12.8 Å². The van der Waals surface area contributed by atoms with Crippen molar-refractivity contribution in [2.45, 2.75) is 70.1 Å². The van der Waals surface area contributed by atoms with Crippen LogP contribution in [0.15, 0.2) is 0 Å². The third-order valence-corrected chi connectivity index (χ3v) is 4.23. The highest BCUT2D eigenvalue weighted by molar-refractivity contribution is 5.81. The molecule has 1 aliphatic carbocycles. The van der Waals surface area contributed by atoms with Crippen molar-refractivity contribution in [3.05, 3.63) is 0 Å². The van der Waals surface area contributed by atoms with Crippen LogP contribution < -0.4 is 5.32 Å². The van der Waals surface area contributed by atoms with E-state index in [0.29, 0.717) is 0 Å². The van der Waals surface area contributed by atoms with Gasteiger partial charge in [-0.25, -0.2) is 0 Å². The fourth-order valence-electron chi connectivity index (χ4n) is 3.09. The van der Waals surface area contributed by atoms with Gasteiger partial charge in [-0.15, -0.1) is 0 Å². The average molecular weight is 254 g/mol. The van der Waals surface area contributed by atoms with Crippen LogP contribution in [0.3, 0.4) is 0 Å². The molecule has 4 heteroatoms. The van der Waals surface area contributed by atoms with E-state index in [1.54, 1.807) is 0 Å². The number of amides is 1. The van der Waals surface area contributed by atoms with E-state index in [1.165, 1.54) is 6.42 Å². The second kappa shape index (κ2) is 6.53. The van der Waals surface area contributed by atoms with Gasteiger partial charge in [0.05, 0.1) is 12.1 Å². The Bertz CT molecular complexity index is 277. The third-order valence-electron chi connectivity index (χ3n) is 4.23. The van der Waals surface area contributed by atoms with E-state index >= 15 is 0 Å². The Morgan fingerprint density at radius 1 is 1.17 bits per heavy atom. The van der Waals surface area contributed by atoms with Crippen molar-refractivity contribution in [2.24, 2.45) is 0 Å². The minimum atomic E-state index is -0.282. The van der Waals surface area contributed by atoms with Crippen LogP contribution in [0.2, 0.25) is 0 Å². The summed E-state index contributed by atoms with van der Waals surface area (Å²) in [6.45, 7) is 3.73. The summed E-state index contributed by atoms with van der Waals surface area (Å²) in [6, 6.07) is -0.0664. The SMILES string of the molecule is CC(NC1CCCCC1O)C(=O)N1CCCCC1. The lowest BCUT2D eigenvalue weighted by atomic mass is 9.92. The van der Waals surface area contributed by atoms with Gasteiger partial charge < -0.3 is 15.3 Å². The summed E-state index contributed by atoms with van der Waals surface area (Å²) in [4.78, 5) is 14.2. The molecule has 18 heavy (non-hydrogen) atoms. The predicted octanol–water partition coefficient (Wildman–Crippen LogP) is 1.28. The smallest absolute Gasteiger partial charge is 0.239 e. The topological polar surface area (TPSA) is 52.6 Å². The molecule has 4 nitrogen and oxygen atoms in total. The number of nitrogens with zero attached hydrogens (tertiary/aromatic N) is 1. The number of hydrogen-bond donors (Lipinski definition) is 2. The maximum absolute atomic E-state index is 12.3. The first-order chi connectivity index (χ1) is 8.68. The van der Waals surface area contributed by atoms with Crippen molar-refractivity contribution < 1.29 is 9.90 Å². The molecular weight excluding hydrogens is 228 g/mol. The summed E-state index contributed by atoms with van der Waals surface area (Å²) in [6.07, 6.45) is 7.33. The highest BCUT2D eigenvalue weighted by Gasteiger charge is 2.28. The lowest BCUT2D eigenvalue weighted by molar-refractivity contribution is -0.134. The number of nitrogens with one attached hydrogen (secondary N) is 1. The lowest BCUT2D eigenvalue weighted by Crippen LogP contribution is -2.53. The Morgan fingerprint density at radius 3 is 2.50 bits per heavy atom. The number of carbonyl (C=O) groups is 1. The Labute approximate surface area is 110 Å². The molecule has 0 aromatic heterocycles. The van der Waals surface area contributed by atoms with Gasteiger partial charge in [0.1, 0.15) is 0 Å². The Hall–Kier alpha value is -0.610. The molecule has 104 valence electrons. The van der Waals surface area contributed by atoms with Gasteiger partial charge in [0.15, 0.2) is 0 Å². The van der Waals surface area contributed by atoms with E-state index < -0.39 is 0 Å². The zero-order valence-corrected chi connectivity index (χ0v) is 11.4. The van der Waals surface area contributed by atoms with Crippen LogP contribution in [0.5, 0.6) is 0 Å². The monoisotopic (exact) mass is 254 g/mol. The molecule has 1 aliphatic heterocycles. The minimum Gasteiger partial charge on any atom is -0.392 e. The summed E-state index contributed by atoms with van der Waals surface area (Å²) in [7, 11) is 0. The van der Waals surface area contributed by atoms with E-state index in [-0.39, 0.29) is 24.1 Å². The van der Waals surface area contributed by atoms with Crippen molar-refractivity contribution in [2.75, 3.05) is 13.1 Å². The van der Waals surface area contributed by atoms with Crippen molar-refractivity contribution in [1.29, 1.82) is 0 Å². The van der Waals surface area contributed by atoms with Crippen LogP contribution in [0.25, 0.3) is 0 Å². The van der Waals surface area contributed by atoms with Crippen LogP contribution >= 0.6 is 0 Å². The summed E-state index contributed by atoms with van der Waals surface area (Å²) < 4.78 is 0. The number of carbonyl (C=O) groups excluding carboxylic acids is 1. The third kappa shape index (κ3) is 3.45. The molecule has 3 atom stereocenters. The largest absolute Gasteiger partial charge is 0.392 e.